The van der Waals surface area contributed by atoms with Crippen LogP contribution in [0.1, 0.15) is 41.0 Å². The number of carboxylic acid groups (broad SMARTS) is 1. The van der Waals surface area contributed by atoms with E-state index in [4.69, 9.17) is 10.4 Å². The van der Waals surface area contributed by atoms with Crippen molar-refractivity contribution in [2.24, 2.45) is 0 Å². The largest absolute Gasteiger partial charge is 0.478 e. The average Bonchev–Trinajstić information content (AvgIpc) is 2.38. The van der Waals surface area contributed by atoms with E-state index in [9.17, 15) is 9.59 Å². The molecule has 1 aromatic heterocycles. The van der Waals surface area contributed by atoms with E-state index in [0.717, 1.165) is 6.20 Å². The number of carboxylic acids is 1. The highest BCUT2D eigenvalue weighted by Gasteiger charge is 2.23. The van der Waals surface area contributed by atoms with Gasteiger partial charge in [0.15, 0.2) is 0 Å². The molecule has 0 saturated carbocycles. The zero-order valence-electron chi connectivity index (χ0n) is 10.8. The Labute approximate surface area is 111 Å². The van der Waals surface area contributed by atoms with Crippen molar-refractivity contribution in [2.75, 3.05) is 6.54 Å². The van der Waals surface area contributed by atoms with E-state index < -0.39 is 11.9 Å². The molecule has 0 aliphatic rings. The van der Waals surface area contributed by atoms with Gasteiger partial charge in [0.05, 0.1) is 23.6 Å². The number of carbonyl (C=O) groups excluding carboxylic acids is 1. The molecule has 1 N–H and O–H groups in total. The number of amides is 1. The Morgan fingerprint density at radius 3 is 2.68 bits per heavy atom. The Balaban J connectivity index is 3.10. The Morgan fingerprint density at radius 2 is 2.16 bits per heavy atom. The van der Waals surface area contributed by atoms with Crippen LogP contribution >= 0.6 is 0 Å². The molecule has 6 nitrogen and oxygen atoms in total. The third-order valence-electron chi connectivity index (χ3n) is 2.63. The quantitative estimate of drug-likeness (QED) is 0.867. The Bertz CT molecular complexity index is 520. The molecule has 0 aliphatic heterocycles. The second-order valence-corrected chi connectivity index (χ2v) is 4.23. The number of pyridine rings is 1. The molecule has 0 bridgehead atoms. The predicted octanol–water partition coefficient (Wildman–Crippen LogP) is 1.54. The fourth-order valence-electron chi connectivity index (χ4n) is 1.67. The summed E-state index contributed by atoms with van der Waals surface area (Å²) in [4.78, 5) is 28.6. The lowest BCUT2D eigenvalue weighted by molar-refractivity contribution is 0.0659. The van der Waals surface area contributed by atoms with E-state index >= 15 is 0 Å². The van der Waals surface area contributed by atoms with Gasteiger partial charge in [0.25, 0.3) is 5.91 Å². The van der Waals surface area contributed by atoms with E-state index in [2.05, 4.69) is 4.98 Å². The molecular formula is C13H15N3O3. The van der Waals surface area contributed by atoms with Gasteiger partial charge in [-0.2, -0.15) is 5.26 Å². The predicted molar refractivity (Wildman–Crippen MR) is 67.6 cm³/mol. The minimum atomic E-state index is -1.19. The molecule has 6 heteroatoms. The summed E-state index contributed by atoms with van der Waals surface area (Å²) in [5, 5.41) is 17.6. The van der Waals surface area contributed by atoms with E-state index in [1.165, 1.54) is 17.2 Å². The molecule has 0 unspecified atom stereocenters. The lowest BCUT2D eigenvalue weighted by Gasteiger charge is -2.26. The minimum absolute atomic E-state index is 0.0918. The van der Waals surface area contributed by atoms with Crippen molar-refractivity contribution < 1.29 is 14.7 Å². The van der Waals surface area contributed by atoms with Gasteiger partial charge in [0.2, 0.25) is 0 Å². The number of rotatable bonds is 5. The summed E-state index contributed by atoms with van der Waals surface area (Å²) in [6.07, 6.45) is 2.73. The van der Waals surface area contributed by atoms with Crippen molar-refractivity contribution in [2.45, 2.75) is 26.3 Å². The van der Waals surface area contributed by atoms with Gasteiger partial charge >= 0.3 is 5.97 Å². The van der Waals surface area contributed by atoms with Crippen LogP contribution in [0.15, 0.2) is 18.5 Å². The number of nitrogens with zero attached hydrogens (tertiary/aromatic N) is 3. The first-order valence-corrected chi connectivity index (χ1v) is 5.84. The van der Waals surface area contributed by atoms with Gasteiger partial charge in [-0.25, -0.2) is 4.79 Å². The van der Waals surface area contributed by atoms with Crippen LogP contribution in [0.4, 0.5) is 0 Å². The Hall–Kier alpha value is -2.42. The highest BCUT2D eigenvalue weighted by Crippen LogP contribution is 2.13. The van der Waals surface area contributed by atoms with Crippen molar-refractivity contribution in [3.63, 3.8) is 0 Å². The lowest BCUT2D eigenvalue weighted by atomic mass is 10.1. The maximum atomic E-state index is 12.3. The maximum absolute atomic E-state index is 12.3. The van der Waals surface area contributed by atoms with Crippen molar-refractivity contribution in [3.8, 4) is 6.07 Å². The van der Waals surface area contributed by atoms with Crippen LogP contribution in [-0.2, 0) is 0 Å². The number of nitriles is 1. The smallest absolute Gasteiger partial charge is 0.338 e. The fourth-order valence-corrected chi connectivity index (χ4v) is 1.67. The number of hydrogen-bond donors (Lipinski definition) is 1. The van der Waals surface area contributed by atoms with Crippen LogP contribution < -0.4 is 0 Å². The molecule has 19 heavy (non-hydrogen) atoms. The van der Waals surface area contributed by atoms with Crippen LogP contribution in [0, 0.1) is 11.3 Å². The molecule has 0 aliphatic carbocycles. The fraction of sp³-hybridized carbons (Fsp3) is 0.385. The number of hydrogen-bond acceptors (Lipinski definition) is 4. The topological polar surface area (TPSA) is 94.3 Å². The molecule has 1 rings (SSSR count). The van der Waals surface area contributed by atoms with E-state index in [1.54, 1.807) is 0 Å². The Kier molecular flexibility index (Phi) is 5.01. The summed E-state index contributed by atoms with van der Waals surface area (Å²) in [6, 6.07) is 3.24. The molecule has 100 valence electrons. The molecule has 0 aromatic carbocycles. The zero-order chi connectivity index (χ0) is 14.4. The van der Waals surface area contributed by atoms with Crippen molar-refractivity contribution in [3.05, 3.63) is 29.6 Å². The standard InChI is InChI=1S/C13H15N3O3/c1-9(2)16(7-3-5-14)12(17)10-4-6-15-8-11(10)13(18)19/h4,6,8-9H,3,7H2,1-2H3,(H,18,19). The van der Waals surface area contributed by atoms with E-state index in [1.807, 2.05) is 19.9 Å². The second-order valence-electron chi connectivity index (χ2n) is 4.23. The van der Waals surface area contributed by atoms with Crippen molar-refractivity contribution in [1.29, 1.82) is 5.26 Å². The highest BCUT2D eigenvalue weighted by atomic mass is 16.4. The first kappa shape index (κ1) is 14.6. The van der Waals surface area contributed by atoms with E-state index in [0.29, 0.717) is 0 Å². The second kappa shape index (κ2) is 6.50. The zero-order valence-corrected chi connectivity index (χ0v) is 10.8. The first-order chi connectivity index (χ1) is 8.99. The van der Waals surface area contributed by atoms with Crippen LogP contribution in [0.25, 0.3) is 0 Å². The number of carbonyl (C=O) groups is 2. The summed E-state index contributed by atoms with van der Waals surface area (Å²) in [5.74, 6) is -1.59. The van der Waals surface area contributed by atoms with Gasteiger partial charge in [0.1, 0.15) is 0 Å². The van der Waals surface area contributed by atoms with Crippen molar-refractivity contribution >= 4 is 11.9 Å². The summed E-state index contributed by atoms with van der Waals surface area (Å²) in [7, 11) is 0. The van der Waals surface area contributed by atoms with Gasteiger partial charge in [-0.3, -0.25) is 9.78 Å². The third-order valence-corrected chi connectivity index (χ3v) is 2.63. The third kappa shape index (κ3) is 3.52. The maximum Gasteiger partial charge on any atom is 0.338 e. The molecule has 1 heterocycles. The monoisotopic (exact) mass is 261 g/mol. The van der Waals surface area contributed by atoms with Crippen molar-refractivity contribution in [1.82, 2.24) is 9.88 Å². The Morgan fingerprint density at radius 1 is 1.47 bits per heavy atom. The normalized spacial score (nSPS) is 10.0. The summed E-state index contributed by atoms with van der Waals surface area (Å²) >= 11 is 0. The minimum Gasteiger partial charge on any atom is -0.478 e. The van der Waals surface area contributed by atoms with Gasteiger partial charge < -0.3 is 10.0 Å². The highest BCUT2D eigenvalue weighted by molar-refractivity contribution is 6.04. The molecule has 0 spiro atoms. The summed E-state index contributed by atoms with van der Waals surface area (Å²) < 4.78 is 0. The van der Waals surface area contributed by atoms with Crippen LogP contribution in [0.5, 0.6) is 0 Å². The number of aromatic carboxylic acids is 1. The van der Waals surface area contributed by atoms with Gasteiger partial charge in [0, 0.05) is 25.0 Å². The number of aromatic nitrogens is 1. The molecule has 1 amide bonds. The van der Waals surface area contributed by atoms with Gasteiger partial charge in [-0.05, 0) is 19.9 Å². The van der Waals surface area contributed by atoms with Gasteiger partial charge in [-0.1, -0.05) is 0 Å². The average molecular weight is 261 g/mol. The summed E-state index contributed by atoms with van der Waals surface area (Å²) in [6.45, 7) is 3.90. The molecule has 1 aromatic rings. The first-order valence-electron chi connectivity index (χ1n) is 5.84. The molecule has 0 saturated heterocycles. The van der Waals surface area contributed by atoms with E-state index in [-0.39, 0.29) is 30.1 Å². The molecule has 0 atom stereocenters. The van der Waals surface area contributed by atoms with Crippen LogP contribution in [0.3, 0.4) is 0 Å². The SMILES string of the molecule is CC(C)N(CCC#N)C(=O)c1ccncc1C(=O)O. The van der Waals surface area contributed by atoms with Gasteiger partial charge in [-0.15, -0.1) is 0 Å². The lowest BCUT2D eigenvalue weighted by Crippen LogP contribution is -2.38. The molecular weight excluding hydrogens is 246 g/mol. The van der Waals surface area contributed by atoms with Crippen LogP contribution in [0.2, 0.25) is 0 Å². The van der Waals surface area contributed by atoms with Crippen LogP contribution in [-0.4, -0.2) is 39.5 Å². The molecule has 0 fully saturated rings. The molecule has 0 radical (unpaired) electrons. The summed E-state index contributed by atoms with van der Waals surface area (Å²) in [5.41, 5.74) is -0.0377.